The maximum absolute atomic E-state index is 12.6. The van der Waals surface area contributed by atoms with Crippen LogP contribution >= 0.6 is 12.4 Å². The van der Waals surface area contributed by atoms with Crippen molar-refractivity contribution in [3.8, 4) is 0 Å². The number of rotatable bonds is 3. The molecule has 21 heavy (non-hydrogen) atoms. The lowest BCUT2D eigenvalue weighted by Crippen LogP contribution is -2.35. The minimum atomic E-state index is 0. The Labute approximate surface area is 133 Å². The van der Waals surface area contributed by atoms with Crippen LogP contribution in [0.4, 0.5) is 0 Å². The van der Waals surface area contributed by atoms with Crippen LogP contribution in [0.2, 0.25) is 0 Å². The van der Waals surface area contributed by atoms with Crippen molar-refractivity contribution in [3.63, 3.8) is 0 Å². The number of amides is 1. The van der Waals surface area contributed by atoms with Crippen molar-refractivity contribution in [2.24, 2.45) is 5.92 Å². The summed E-state index contributed by atoms with van der Waals surface area (Å²) in [6, 6.07) is 10.8. The first kappa shape index (κ1) is 16.3. The monoisotopic (exact) mass is 308 g/mol. The largest absolute Gasteiger partial charge is 0.336 e. The molecule has 0 aliphatic carbocycles. The number of hydrogen-bond donors (Lipinski definition) is 1. The Morgan fingerprint density at radius 2 is 1.86 bits per heavy atom. The summed E-state index contributed by atoms with van der Waals surface area (Å²) in [5.41, 5.74) is 1.30. The fourth-order valence-electron chi connectivity index (χ4n) is 3.54. The van der Waals surface area contributed by atoms with E-state index in [1.165, 1.54) is 5.56 Å². The topological polar surface area (TPSA) is 32.3 Å². The van der Waals surface area contributed by atoms with E-state index < -0.39 is 0 Å². The summed E-state index contributed by atoms with van der Waals surface area (Å²) < 4.78 is 0. The van der Waals surface area contributed by atoms with E-state index in [2.05, 4.69) is 34.5 Å². The van der Waals surface area contributed by atoms with Crippen LogP contribution in [-0.2, 0) is 4.79 Å². The second-order valence-electron chi connectivity index (χ2n) is 6.05. The van der Waals surface area contributed by atoms with E-state index in [4.69, 9.17) is 0 Å². The van der Waals surface area contributed by atoms with Gasteiger partial charge in [-0.15, -0.1) is 12.4 Å². The lowest BCUT2D eigenvalue weighted by atomic mass is 9.93. The second-order valence-corrected chi connectivity index (χ2v) is 6.05. The lowest BCUT2D eigenvalue weighted by molar-refractivity contribution is -0.133. The van der Waals surface area contributed by atoms with Gasteiger partial charge in [0.05, 0.1) is 6.04 Å². The molecule has 0 bridgehead atoms. The van der Waals surface area contributed by atoms with Crippen LogP contribution in [0.5, 0.6) is 0 Å². The molecular weight excluding hydrogens is 284 g/mol. The number of carbonyl (C=O) groups is 1. The van der Waals surface area contributed by atoms with Gasteiger partial charge in [0.1, 0.15) is 0 Å². The summed E-state index contributed by atoms with van der Waals surface area (Å²) >= 11 is 0. The summed E-state index contributed by atoms with van der Waals surface area (Å²) in [5.74, 6) is 0.948. The Morgan fingerprint density at radius 3 is 2.57 bits per heavy atom. The standard InChI is InChI=1S/C17H24N2O.ClH/c20-17(13-14-8-10-18-11-9-14)19-12-4-7-16(19)15-5-2-1-3-6-15;/h1-3,5-6,14,16,18H,4,7-13H2;1H. The van der Waals surface area contributed by atoms with Crippen LogP contribution in [-0.4, -0.2) is 30.4 Å². The van der Waals surface area contributed by atoms with Gasteiger partial charge in [0.25, 0.3) is 0 Å². The van der Waals surface area contributed by atoms with Crippen molar-refractivity contribution in [2.75, 3.05) is 19.6 Å². The van der Waals surface area contributed by atoms with Gasteiger partial charge >= 0.3 is 0 Å². The molecule has 2 saturated heterocycles. The molecular formula is C17H25ClN2O. The van der Waals surface area contributed by atoms with Crippen molar-refractivity contribution in [3.05, 3.63) is 35.9 Å². The molecule has 0 radical (unpaired) electrons. The van der Waals surface area contributed by atoms with Crippen LogP contribution < -0.4 is 5.32 Å². The summed E-state index contributed by atoms with van der Waals surface area (Å²) in [5, 5.41) is 3.37. The summed E-state index contributed by atoms with van der Waals surface area (Å²) in [7, 11) is 0. The molecule has 2 heterocycles. The minimum Gasteiger partial charge on any atom is -0.336 e. The molecule has 2 fully saturated rings. The summed E-state index contributed by atoms with van der Waals surface area (Å²) in [6.45, 7) is 3.07. The fraction of sp³-hybridized carbons (Fsp3) is 0.588. The highest BCUT2D eigenvalue weighted by atomic mass is 35.5. The number of hydrogen-bond acceptors (Lipinski definition) is 2. The Bertz CT molecular complexity index is 445. The molecule has 1 amide bonds. The zero-order chi connectivity index (χ0) is 13.8. The van der Waals surface area contributed by atoms with Crippen molar-refractivity contribution in [2.45, 2.75) is 38.1 Å². The fourth-order valence-corrected chi connectivity index (χ4v) is 3.54. The van der Waals surface area contributed by atoms with Gasteiger partial charge in [-0.25, -0.2) is 0 Å². The van der Waals surface area contributed by atoms with Crippen LogP contribution in [0.3, 0.4) is 0 Å². The highest BCUT2D eigenvalue weighted by Crippen LogP contribution is 2.33. The molecule has 116 valence electrons. The predicted octanol–water partition coefficient (Wildman–Crippen LogP) is 3.16. The van der Waals surface area contributed by atoms with Gasteiger partial charge in [0, 0.05) is 13.0 Å². The van der Waals surface area contributed by atoms with Crippen molar-refractivity contribution >= 4 is 18.3 Å². The normalized spacial score (nSPS) is 22.9. The molecule has 1 N–H and O–H groups in total. The van der Waals surface area contributed by atoms with Gasteiger partial charge in [-0.05, 0) is 50.3 Å². The molecule has 4 heteroatoms. The van der Waals surface area contributed by atoms with Crippen molar-refractivity contribution in [1.82, 2.24) is 10.2 Å². The highest BCUT2D eigenvalue weighted by molar-refractivity contribution is 5.85. The third kappa shape index (κ3) is 3.98. The van der Waals surface area contributed by atoms with Crippen LogP contribution in [0.25, 0.3) is 0 Å². The molecule has 1 atom stereocenters. The molecule has 0 aromatic heterocycles. The molecule has 1 aromatic rings. The minimum absolute atomic E-state index is 0. The number of piperidine rings is 1. The third-order valence-corrected chi connectivity index (χ3v) is 4.68. The summed E-state index contributed by atoms with van der Waals surface area (Å²) in [6.07, 6.45) is 5.29. The second kappa shape index (κ2) is 7.81. The molecule has 3 rings (SSSR count). The predicted molar refractivity (Wildman–Crippen MR) is 87.6 cm³/mol. The number of likely N-dealkylation sites (tertiary alicyclic amines) is 1. The van der Waals surface area contributed by atoms with Crippen molar-refractivity contribution in [1.29, 1.82) is 0 Å². The van der Waals surface area contributed by atoms with E-state index in [9.17, 15) is 4.79 Å². The lowest BCUT2D eigenvalue weighted by Gasteiger charge is -2.28. The van der Waals surface area contributed by atoms with Gasteiger partial charge in [-0.2, -0.15) is 0 Å². The first-order valence-corrected chi connectivity index (χ1v) is 7.90. The maximum Gasteiger partial charge on any atom is 0.223 e. The number of carbonyl (C=O) groups excluding carboxylic acids is 1. The van der Waals surface area contributed by atoms with Gasteiger partial charge in [0.2, 0.25) is 5.91 Å². The Kier molecular flexibility index (Phi) is 6.07. The molecule has 0 saturated carbocycles. The number of nitrogens with one attached hydrogen (secondary N) is 1. The van der Waals surface area contributed by atoms with E-state index in [1.54, 1.807) is 0 Å². The molecule has 1 unspecified atom stereocenters. The number of halogens is 1. The van der Waals surface area contributed by atoms with Gasteiger partial charge in [0.15, 0.2) is 0 Å². The quantitative estimate of drug-likeness (QED) is 0.930. The van der Waals surface area contributed by atoms with Crippen LogP contribution in [0, 0.1) is 5.92 Å². The SMILES string of the molecule is Cl.O=C(CC1CCNCC1)N1CCCC1c1ccccc1. The third-order valence-electron chi connectivity index (χ3n) is 4.68. The van der Waals surface area contributed by atoms with E-state index in [-0.39, 0.29) is 12.4 Å². The molecule has 1 aromatic carbocycles. The smallest absolute Gasteiger partial charge is 0.223 e. The van der Waals surface area contributed by atoms with Gasteiger partial charge in [-0.3, -0.25) is 4.79 Å². The molecule has 2 aliphatic heterocycles. The van der Waals surface area contributed by atoms with Gasteiger partial charge < -0.3 is 10.2 Å². The first-order chi connectivity index (χ1) is 9.84. The van der Waals surface area contributed by atoms with Crippen LogP contribution in [0.15, 0.2) is 30.3 Å². The average Bonchev–Trinajstić information content (AvgIpc) is 2.99. The average molecular weight is 309 g/mol. The zero-order valence-corrected chi connectivity index (χ0v) is 13.3. The van der Waals surface area contributed by atoms with E-state index in [0.29, 0.717) is 17.9 Å². The molecule has 2 aliphatic rings. The number of nitrogens with zero attached hydrogens (tertiary/aromatic N) is 1. The summed E-state index contributed by atoms with van der Waals surface area (Å²) in [4.78, 5) is 14.7. The Balaban J connectivity index is 0.00000161. The Morgan fingerprint density at radius 1 is 1.14 bits per heavy atom. The van der Waals surface area contributed by atoms with Gasteiger partial charge in [-0.1, -0.05) is 30.3 Å². The Hall–Kier alpha value is -1.06. The molecule has 0 spiro atoms. The van der Waals surface area contributed by atoms with Crippen LogP contribution in [0.1, 0.15) is 43.7 Å². The van der Waals surface area contributed by atoms with E-state index in [1.807, 2.05) is 6.07 Å². The van der Waals surface area contributed by atoms with E-state index in [0.717, 1.165) is 51.7 Å². The highest BCUT2D eigenvalue weighted by Gasteiger charge is 2.31. The van der Waals surface area contributed by atoms with E-state index >= 15 is 0 Å². The van der Waals surface area contributed by atoms with Crippen molar-refractivity contribution < 1.29 is 4.79 Å². The first-order valence-electron chi connectivity index (χ1n) is 7.90. The number of benzene rings is 1. The zero-order valence-electron chi connectivity index (χ0n) is 12.5. The maximum atomic E-state index is 12.6. The molecule has 3 nitrogen and oxygen atoms in total.